The van der Waals surface area contributed by atoms with Crippen molar-refractivity contribution in [2.45, 2.75) is 30.2 Å². The van der Waals surface area contributed by atoms with Gasteiger partial charge in [0.1, 0.15) is 0 Å². The lowest BCUT2D eigenvalue weighted by Gasteiger charge is -2.28. The van der Waals surface area contributed by atoms with Crippen molar-refractivity contribution in [1.29, 1.82) is 0 Å². The van der Waals surface area contributed by atoms with Gasteiger partial charge in [-0.25, -0.2) is 4.68 Å². The molecular formula is C18H21N7O2S. The van der Waals surface area contributed by atoms with Gasteiger partial charge in [-0.15, -0.1) is 5.10 Å². The summed E-state index contributed by atoms with van der Waals surface area (Å²) in [6.45, 7) is 2.62. The Morgan fingerprint density at radius 2 is 1.89 bits per heavy atom. The van der Waals surface area contributed by atoms with E-state index in [0.717, 1.165) is 30.8 Å². The van der Waals surface area contributed by atoms with Gasteiger partial charge in [0.15, 0.2) is 5.69 Å². The molecule has 0 spiro atoms. The Hall–Kier alpha value is -2.88. The number of hydrogen-bond acceptors (Lipinski definition) is 6. The predicted molar refractivity (Wildman–Crippen MR) is 105 cm³/mol. The Kier molecular flexibility index (Phi) is 4.80. The number of para-hydroxylation sites is 1. The molecule has 0 bridgehead atoms. The highest BCUT2D eigenvalue weighted by Crippen LogP contribution is 2.29. The number of aromatic nitrogens is 6. The van der Waals surface area contributed by atoms with Crippen LogP contribution in [0, 0.1) is 6.92 Å². The van der Waals surface area contributed by atoms with Crippen LogP contribution in [0.5, 0.6) is 0 Å². The highest BCUT2D eigenvalue weighted by molar-refractivity contribution is 8.00. The number of piperidine rings is 1. The Labute approximate surface area is 165 Å². The Balaban J connectivity index is 1.75. The Morgan fingerprint density at radius 3 is 2.64 bits per heavy atom. The van der Waals surface area contributed by atoms with Crippen molar-refractivity contribution in [1.82, 2.24) is 34.5 Å². The summed E-state index contributed by atoms with van der Waals surface area (Å²) in [5, 5.41) is 12.1. The molecule has 1 unspecified atom stereocenters. The summed E-state index contributed by atoms with van der Waals surface area (Å²) in [5.41, 5.74) is 1.66. The predicted octanol–water partition coefficient (Wildman–Crippen LogP) is 1.17. The zero-order chi connectivity index (χ0) is 19.8. The average molecular weight is 399 g/mol. The number of carbonyl (C=O) groups is 1. The minimum Gasteiger partial charge on any atom is -0.345 e. The lowest BCUT2D eigenvalue weighted by Crippen LogP contribution is -2.40. The first kappa shape index (κ1) is 18.5. The van der Waals surface area contributed by atoms with Crippen LogP contribution in [0.2, 0.25) is 0 Å². The number of rotatable bonds is 4. The molecule has 28 heavy (non-hydrogen) atoms. The average Bonchev–Trinajstić information content (AvgIpc) is 3.22. The standard InChI is InChI=1S/C18H21N7O2S/c1-12-15(17(27)25(23(12)3)13-8-5-4-6-9-13)24-18(19-20-21-24)28-14-10-7-11-22(2)16(14)26/h4-6,8-9,14H,7,10-11H2,1-3H3. The van der Waals surface area contributed by atoms with Crippen LogP contribution in [0.15, 0.2) is 40.3 Å². The first-order valence-electron chi connectivity index (χ1n) is 9.03. The fraction of sp³-hybridized carbons (Fsp3) is 0.389. The van der Waals surface area contributed by atoms with Gasteiger partial charge in [-0.2, -0.15) is 4.68 Å². The summed E-state index contributed by atoms with van der Waals surface area (Å²) in [7, 11) is 3.63. The molecule has 1 saturated heterocycles. The second kappa shape index (κ2) is 7.27. The summed E-state index contributed by atoms with van der Waals surface area (Å²) in [5.74, 6) is 0.0669. The van der Waals surface area contributed by atoms with E-state index in [9.17, 15) is 9.59 Å². The second-order valence-electron chi connectivity index (χ2n) is 6.79. The number of benzene rings is 1. The zero-order valence-corrected chi connectivity index (χ0v) is 16.8. The third kappa shape index (κ3) is 3.03. The van der Waals surface area contributed by atoms with Crippen molar-refractivity contribution in [3.8, 4) is 11.4 Å². The molecule has 146 valence electrons. The molecule has 0 radical (unpaired) electrons. The zero-order valence-electron chi connectivity index (χ0n) is 15.9. The maximum atomic E-state index is 13.2. The summed E-state index contributed by atoms with van der Waals surface area (Å²) < 4.78 is 4.81. The third-order valence-electron chi connectivity index (χ3n) is 5.04. The second-order valence-corrected chi connectivity index (χ2v) is 7.96. The molecule has 1 aliphatic rings. The number of thioether (sulfide) groups is 1. The minimum absolute atomic E-state index is 0.0669. The molecule has 10 heteroatoms. The van der Waals surface area contributed by atoms with E-state index in [1.165, 1.54) is 16.4 Å². The maximum absolute atomic E-state index is 13.2. The van der Waals surface area contributed by atoms with Gasteiger partial charge in [0.25, 0.3) is 5.56 Å². The van der Waals surface area contributed by atoms with Crippen LogP contribution in [0.3, 0.4) is 0 Å². The molecule has 3 heterocycles. The molecule has 0 saturated carbocycles. The van der Waals surface area contributed by atoms with E-state index >= 15 is 0 Å². The lowest BCUT2D eigenvalue weighted by atomic mass is 10.1. The largest absolute Gasteiger partial charge is 0.345 e. The lowest BCUT2D eigenvalue weighted by molar-refractivity contribution is -0.131. The van der Waals surface area contributed by atoms with E-state index < -0.39 is 0 Å². The highest BCUT2D eigenvalue weighted by Gasteiger charge is 2.30. The van der Waals surface area contributed by atoms with Crippen molar-refractivity contribution in [3.63, 3.8) is 0 Å². The summed E-state index contributed by atoms with van der Waals surface area (Å²) in [4.78, 5) is 27.4. The summed E-state index contributed by atoms with van der Waals surface area (Å²) in [6, 6.07) is 9.41. The SMILES string of the molecule is Cc1c(-n2nnnc2SC2CCCN(C)C2=O)c(=O)n(-c2ccccc2)n1C. The normalized spacial score (nSPS) is 17.3. The molecule has 1 atom stereocenters. The molecule has 4 rings (SSSR count). The molecule has 0 aliphatic carbocycles. The van der Waals surface area contributed by atoms with Gasteiger partial charge in [0, 0.05) is 20.6 Å². The maximum Gasteiger partial charge on any atom is 0.297 e. The highest BCUT2D eigenvalue weighted by atomic mass is 32.2. The number of tetrazole rings is 1. The van der Waals surface area contributed by atoms with Crippen molar-refractivity contribution in [2.75, 3.05) is 13.6 Å². The Morgan fingerprint density at radius 1 is 1.14 bits per heavy atom. The number of amides is 1. The van der Waals surface area contributed by atoms with Gasteiger partial charge in [-0.05, 0) is 42.3 Å². The van der Waals surface area contributed by atoms with E-state index in [0.29, 0.717) is 10.8 Å². The molecular weight excluding hydrogens is 378 g/mol. The van der Waals surface area contributed by atoms with Crippen molar-refractivity contribution in [2.24, 2.45) is 7.05 Å². The van der Waals surface area contributed by atoms with Crippen LogP contribution in [0.4, 0.5) is 0 Å². The first-order chi connectivity index (χ1) is 13.5. The van der Waals surface area contributed by atoms with E-state index in [1.807, 2.05) is 44.3 Å². The van der Waals surface area contributed by atoms with Crippen LogP contribution in [0.25, 0.3) is 11.4 Å². The minimum atomic E-state index is -0.246. The molecule has 0 N–H and O–H groups in total. The number of nitrogens with zero attached hydrogens (tertiary/aromatic N) is 7. The molecule has 9 nitrogen and oxygen atoms in total. The van der Waals surface area contributed by atoms with Crippen LogP contribution >= 0.6 is 11.8 Å². The van der Waals surface area contributed by atoms with Crippen molar-refractivity contribution < 1.29 is 4.79 Å². The monoisotopic (exact) mass is 399 g/mol. The van der Waals surface area contributed by atoms with Gasteiger partial charge in [-0.3, -0.25) is 14.3 Å². The van der Waals surface area contributed by atoms with Crippen LogP contribution in [-0.4, -0.2) is 59.2 Å². The molecule has 3 aromatic rings. The van der Waals surface area contributed by atoms with Crippen LogP contribution < -0.4 is 5.56 Å². The molecule has 1 aliphatic heterocycles. The van der Waals surface area contributed by atoms with Crippen LogP contribution in [0.1, 0.15) is 18.5 Å². The quantitative estimate of drug-likeness (QED) is 0.654. The Bertz CT molecular complexity index is 1070. The fourth-order valence-corrected chi connectivity index (χ4v) is 4.55. The van der Waals surface area contributed by atoms with Crippen LogP contribution in [-0.2, 0) is 11.8 Å². The van der Waals surface area contributed by atoms with Gasteiger partial charge in [-0.1, -0.05) is 30.0 Å². The van der Waals surface area contributed by atoms with Crippen molar-refractivity contribution >= 4 is 17.7 Å². The smallest absolute Gasteiger partial charge is 0.297 e. The van der Waals surface area contributed by atoms with E-state index in [-0.39, 0.29) is 16.7 Å². The number of hydrogen-bond donors (Lipinski definition) is 0. The molecule has 1 amide bonds. The van der Waals surface area contributed by atoms with E-state index in [2.05, 4.69) is 15.5 Å². The van der Waals surface area contributed by atoms with Gasteiger partial charge in [0.2, 0.25) is 11.1 Å². The molecule has 1 aromatic carbocycles. The first-order valence-corrected chi connectivity index (χ1v) is 9.91. The summed E-state index contributed by atoms with van der Waals surface area (Å²) >= 11 is 1.31. The van der Waals surface area contributed by atoms with Crippen molar-refractivity contribution in [3.05, 3.63) is 46.4 Å². The van der Waals surface area contributed by atoms with E-state index in [4.69, 9.17) is 0 Å². The summed E-state index contributed by atoms with van der Waals surface area (Å²) in [6.07, 6.45) is 1.70. The molecule has 2 aromatic heterocycles. The molecule has 1 fully saturated rings. The number of carbonyl (C=O) groups excluding carboxylic acids is 1. The third-order valence-corrected chi connectivity index (χ3v) is 6.22. The van der Waals surface area contributed by atoms with Gasteiger partial charge < -0.3 is 4.90 Å². The van der Waals surface area contributed by atoms with Gasteiger partial charge >= 0.3 is 0 Å². The topological polar surface area (TPSA) is 90.8 Å². The fourth-order valence-electron chi connectivity index (χ4n) is 3.42. The number of likely N-dealkylation sites (tertiary alicyclic amines) is 1. The van der Waals surface area contributed by atoms with Gasteiger partial charge in [0.05, 0.1) is 16.6 Å². The van der Waals surface area contributed by atoms with E-state index in [1.54, 1.807) is 21.3 Å².